The second-order valence-corrected chi connectivity index (χ2v) is 3.82. The van der Waals surface area contributed by atoms with Crippen LogP contribution < -0.4 is 11.1 Å². The average Bonchev–Trinajstić information content (AvgIpc) is 2.39. The Balaban J connectivity index is 0.000000331. The Morgan fingerprint density at radius 1 is 1.44 bits per heavy atom. The predicted molar refractivity (Wildman–Crippen MR) is 75.4 cm³/mol. The summed E-state index contributed by atoms with van der Waals surface area (Å²) in [6, 6.07) is 3.86. The average molecular weight is 250 g/mol. The second-order valence-electron chi connectivity index (χ2n) is 3.82. The first-order chi connectivity index (χ1) is 8.63. The molecule has 0 aliphatic rings. The first-order valence-corrected chi connectivity index (χ1v) is 5.71. The van der Waals surface area contributed by atoms with Gasteiger partial charge in [0.1, 0.15) is 6.29 Å². The smallest absolute Gasteiger partial charge is 0.142 e. The molecule has 0 unspecified atom stereocenters. The molecule has 0 fully saturated rings. The zero-order valence-electron chi connectivity index (χ0n) is 11.3. The van der Waals surface area contributed by atoms with Gasteiger partial charge in [0, 0.05) is 20.1 Å². The minimum atomic E-state index is 0.504. The Labute approximate surface area is 109 Å². The van der Waals surface area contributed by atoms with Gasteiger partial charge >= 0.3 is 0 Å². The molecular weight excluding hydrogens is 228 g/mol. The summed E-state index contributed by atoms with van der Waals surface area (Å²) in [6.45, 7) is 1.34. The number of carbonyl (C=O) groups is 1. The number of anilines is 1. The Kier molecular flexibility index (Phi) is 9.44. The molecule has 0 saturated carbocycles. The van der Waals surface area contributed by atoms with Crippen molar-refractivity contribution in [2.24, 2.45) is 5.73 Å². The van der Waals surface area contributed by atoms with Crippen LogP contribution >= 0.6 is 0 Å². The maximum Gasteiger partial charge on any atom is 0.142 e. The number of hydrogen-bond donors (Lipinski definition) is 2. The highest BCUT2D eigenvalue weighted by molar-refractivity contribution is 5.64. The number of likely N-dealkylation sites (N-methyl/N-ethyl adjacent to an activating group) is 1. The van der Waals surface area contributed by atoms with Crippen molar-refractivity contribution in [3.05, 3.63) is 36.2 Å². The third-order valence-electron chi connectivity index (χ3n) is 2.01. The lowest BCUT2D eigenvalue weighted by Crippen LogP contribution is -2.10. The van der Waals surface area contributed by atoms with Gasteiger partial charge in [-0.15, -0.1) is 0 Å². The molecule has 0 radical (unpaired) electrons. The lowest BCUT2D eigenvalue weighted by atomic mass is 10.3. The number of nitrogens with one attached hydrogen (secondary N) is 1. The third-order valence-corrected chi connectivity index (χ3v) is 2.01. The predicted octanol–water partition coefficient (Wildman–Crippen LogP) is 0.885. The molecule has 0 aliphatic carbocycles. The van der Waals surface area contributed by atoms with Crippen LogP contribution in [-0.2, 0) is 11.3 Å². The van der Waals surface area contributed by atoms with Crippen molar-refractivity contribution in [3.8, 4) is 0 Å². The molecule has 1 aromatic rings. The molecule has 0 amide bonds. The molecule has 5 heteroatoms. The topological polar surface area (TPSA) is 71.2 Å². The summed E-state index contributed by atoms with van der Waals surface area (Å²) in [4.78, 5) is 15.7. The van der Waals surface area contributed by atoms with E-state index in [1.165, 1.54) is 6.08 Å². The van der Waals surface area contributed by atoms with E-state index in [9.17, 15) is 4.79 Å². The van der Waals surface area contributed by atoms with Gasteiger partial charge in [-0.2, -0.15) is 0 Å². The van der Waals surface area contributed by atoms with E-state index in [0.29, 0.717) is 6.54 Å². The minimum Gasteiger partial charge on any atom is -0.387 e. The molecule has 3 N–H and O–H groups in total. The Morgan fingerprint density at radius 2 is 2.17 bits per heavy atom. The number of aromatic nitrogens is 1. The zero-order valence-corrected chi connectivity index (χ0v) is 11.3. The van der Waals surface area contributed by atoms with Crippen molar-refractivity contribution in [3.63, 3.8) is 0 Å². The van der Waals surface area contributed by atoms with Gasteiger partial charge in [-0.05, 0) is 32.3 Å². The lowest BCUT2D eigenvalue weighted by molar-refractivity contribution is -0.104. The maximum absolute atomic E-state index is 9.68. The molecule has 0 bridgehead atoms. The van der Waals surface area contributed by atoms with Gasteiger partial charge in [0.25, 0.3) is 0 Å². The van der Waals surface area contributed by atoms with Crippen LogP contribution in [0.3, 0.4) is 0 Å². The van der Waals surface area contributed by atoms with Crippen molar-refractivity contribution in [2.45, 2.75) is 6.54 Å². The summed E-state index contributed by atoms with van der Waals surface area (Å²) in [5.74, 6) is 0. The first-order valence-electron chi connectivity index (χ1n) is 5.71. The van der Waals surface area contributed by atoms with Crippen molar-refractivity contribution >= 4 is 12.0 Å². The summed E-state index contributed by atoms with van der Waals surface area (Å²) in [6.07, 6.45) is 5.86. The number of pyridine rings is 1. The van der Waals surface area contributed by atoms with E-state index in [2.05, 4.69) is 10.3 Å². The normalized spacial score (nSPS) is 10.1. The van der Waals surface area contributed by atoms with Crippen molar-refractivity contribution < 1.29 is 4.79 Å². The fraction of sp³-hybridized carbons (Fsp3) is 0.385. The van der Waals surface area contributed by atoms with E-state index in [1.54, 1.807) is 6.20 Å². The molecular formula is C13H22N4O. The molecule has 0 aliphatic heterocycles. The summed E-state index contributed by atoms with van der Waals surface area (Å²) in [5.41, 5.74) is 7.29. The molecule has 0 spiro atoms. The van der Waals surface area contributed by atoms with Crippen LogP contribution in [0.4, 0.5) is 5.69 Å². The van der Waals surface area contributed by atoms with Crippen LogP contribution in [0.15, 0.2) is 30.5 Å². The van der Waals surface area contributed by atoms with Crippen LogP contribution in [-0.4, -0.2) is 43.9 Å². The first kappa shape index (κ1) is 16.3. The van der Waals surface area contributed by atoms with Crippen molar-refractivity contribution in [1.29, 1.82) is 0 Å². The SMILES string of the molecule is CN(C)C/C=C/C=O.CNc1ccc(CN)nc1. The molecule has 18 heavy (non-hydrogen) atoms. The number of carbonyl (C=O) groups excluding carboxylic acids is 1. The van der Waals surface area contributed by atoms with E-state index < -0.39 is 0 Å². The van der Waals surface area contributed by atoms with Crippen LogP contribution in [0, 0.1) is 0 Å². The number of rotatable bonds is 5. The second kappa shape index (κ2) is 10.4. The zero-order chi connectivity index (χ0) is 13.8. The minimum absolute atomic E-state index is 0.504. The number of nitrogens with two attached hydrogens (primary N) is 1. The van der Waals surface area contributed by atoms with E-state index in [1.807, 2.05) is 44.3 Å². The largest absolute Gasteiger partial charge is 0.387 e. The van der Waals surface area contributed by atoms with Gasteiger partial charge in [-0.25, -0.2) is 0 Å². The quantitative estimate of drug-likeness (QED) is 0.600. The molecule has 0 atom stereocenters. The summed E-state index contributed by atoms with van der Waals surface area (Å²) >= 11 is 0. The van der Waals surface area contributed by atoms with Crippen LogP contribution in [0.5, 0.6) is 0 Å². The Bertz CT molecular complexity index is 324. The number of hydrogen-bond acceptors (Lipinski definition) is 5. The number of nitrogens with zero attached hydrogens (tertiary/aromatic N) is 2. The van der Waals surface area contributed by atoms with Gasteiger partial charge in [0.05, 0.1) is 17.6 Å². The van der Waals surface area contributed by atoms with Crippen LogP contribution in [0.1, 0.15) is 5.69 Å². The molecule has 1 heterocycles. The number of aldehydes is 1. The van der Waals surface area contributed by atoms with Gasteiger partial charge < -0.3 is 16.0 Å². The van der Waals surface area contributed by atoms with Crippen LogP contribution in [0.25, 0.3) is 0 Å². The third kappa shape index (κ3) is 8.43. The maximum atomic E-state index is 9.68. The van der Waals surface area contributed by atoms with Crippen molar-refractivity contribution in [1.82, 2.24) is 9.88 Å². The highest BCUT2D eigenvalue weighted by Gasteiger charge is 1.89. The molecule has 1 rings (SSSR count). The Morgan fingerprint density at radius 3 is 2.56 bits per heavy atom. The monoisotopic (exact) mass is 250 g/mol. The van der Waals surface area contributed by atoms with Gasteiger partial charge in [0.2, 0.25) is 0 Å². The highest BCUT2D eigenvalue weighted by atomic mass is 16.1. The molecule has 1 aromatic heterocycles. The summed E-state index contributed by atoms with van der Waals surface area (Å²) in [7, 11) is 5.77. The van der Waals surface area contributed by atoms with E-state index in [0.717, 1.165) is 24.2 Å². The summed E-state index contributed by atoms with van der Waals surface area (Å²) < 4.78 is 0. The van der Waals surface area contributed by atoms with E-state index in [4.69, 9.17) is 5.73 Å². The number of allylic oxidation sites excluding steroid dienone is 1. The fourth-order valence-electron chi connectivity index (χ4n) is 1.02. The van der Waals surface area contributed by atoms with Gasteiger partial charge in [-0.1, -0.05) is 6.08 Å². The fourth-order valence-corrected chi connectivity index (χ4v) is 1.02. The molecule has 5 nitrogen and oxygen atoms in total. The molecule has 0 aromatic carbocycles. The highest BCUT2D eigenvalue weighted by Crippen LogP contribution is 2.03. The standard InChI is InChI=1S/C7H11N3.C6H11NO/c1-9-7-3-2-6(4-8)10-5-7;1-7(2)5-3-4-6-8/h2-3,5,9H,4,8H2,1H3;3-4,6H,5H2,1-2H3/b;4-3+. The Hall–Kier alpha value is -1.72. The van der Waals surface area contributed by atoms with Crippen LogP contribution in [0.2, 0.25) is 0 Å². The van der Waals surface area contributed by atoms with Gasteiger partial charge in [-0.3, -0.25) is 9.78 Å². The molecule has 100 valence electrons. The lowest BCUT2D eigenvalue weighted by Gasteiger charge is -2.01. The van der Waals surface area contributed by atoms with E-state index in [-0.39, 0.29) is 0 Å². The summed E-state index contributed by atoms with van der Waals surface area (Å²) in [5, 5.41) is 2.97. The van der Waals surface area contributed by atoms with Gasteiger partial charge in [0.15, 0.2) is 0 Å². The van der Waals surface area contributed by atoms with Crippen molar-refractivity contribution in [2.75, 3.05) is 33.0 Å². The molecule has 0 saturated heterocycles. The van der Waals surface area contributed by atoms with E-state index >= 15 is 0 Å².